The Hall–Kier alpha value is -1.04. The van der Waals surface area contributed by atoms with Gasteiger partial charge in [0.2, 0.25) is 0 Å². The third kappa shape index (κ3) is 3.25. The molecule has 0 bridgehead atoms. The molecule has 7 heteroatoms. The van der Waals surface area contributed by atoms with E-state index in [2.05, 4.69) is 17.1 Å². The van der Waals surface area contributed by atoms with E-state index in [-0.39, 0.29) is 18.1 Å². The monoisotopic (exact) mass is 291 g/mol. The van der Waals surface area contributed by atoms with Gasteiger partial charge in [-0.1, -0.05) is 11.6 Å². The summed E-state index contributed by atoms with van der Waals surface area (Å²) in [6.07, 6.45) is 0. The third-order valence-corrected chi connectivity index (χ3v) is 3.15. The van der Waals surface area contributed by atoms with E-state index in [9.17, 15) is 10.1 Å². The lowest BCUT2D eigenvalue weighted by molar-refractivity contribution is -0.384. The van der Waals surface area contributed by atoms with Crippen molar-refractivity contribution in [3.8, 4) is 0 Å². The lowest BCUT2D eigenvalue weighted by atomic mass is 10.2. The molecule has 0 amide bonds. The first kappa shape index (κ1) is 15.0. The summed E-state index contributed by atoms with van der Waals surface area (Å²) in [5.74, 6) is 0. The van der Waals surface area contributed by atoms with Crippen LogP contribution in [0.2, 0.25) is 5.02 Å². The van der Waals surface area contributed by atoms with Crippen LogP contribution < -0.4 is 10.2 Å². The van der Waals surface area contributed by atoms with Gasteiger partial charge >= 0.3 is 0 Å². The number of benzene rings is 1. The van der Waals surface area contributed by atoms with Crippen LogP contribution in [0.1, 0.15) is 6.92 Å². The Morgan fingerprint density at radius 3 is 2.83 bits per heavy atom. The molecule has 1 saturated heterocycles. The number of nitrogens with one attached hydrogen (secondary N) is 1. The summed E-state index contributed by atoms with van der Waals surface area (Å²) in [4.78, 5) is 12.3. The van der Waals surface area contributed by atoms with Gasteiger partial charge in [-0.3, -0.25) is 10.1 Å². The average Bonchev–Trinajstić information content (AvgIpc) is 2.28. The van der Waals surface area contributed by atoms with Crippen molar-refractivity contribution in [1.82, 2.24) is 5.32 Å². The smallest absolute Gasteiger partial charge is 0.271 e. The number of non-ortho nitro benzene ring substituents is 1. The fraction of sp³-hybridized carbons (Fsp3) is 0.455. The molecule has 18 heavy (non-hydrogen) atoms. The van der Waals surface area contributed by atoms with E-state index in [0.717, 1.165) is 25.3 Å². The van der Waals surface area contributed by atoms with Gasteiger partial charge in [-0.15, -0.1) is 12.4 Å². The van der Waals surface area contributed by atoms with Gasteiger partial charge in [0.25, 0.3) is 5.69 Å². The van der Waals surface area contributed by atoms with Gasteiger partial charge in [-0.05, 0) is 13.0 Å². The Balaban J connectivity index is 0.00000162. The van der Waals surface area contributed by atoms with Crippen LogP contribution in [-0.4, -0.2) is 30.6 Å². The number of nitro benzene ring substituents is 1. The van der Waals surface area contributed by atoms with Crippen molar-refractivity contribution >= 4 is 35.4 Å². The molecule has 1 fully saturated rings. The van der Waals surface area contributed by atoms with Crippen molar-refractivity contribution in [2.45, 2.75) is 13.0 Å². The normalized spacial score (nSPS) is 19.2. The lowest BCUT2D eigenvalue weighted by Crippen LogP contribution is -2.49. The van der Waals surface area contributed by atoms with Gasteiger partial charge in [0.15, 0.2) is 0 Å². The summed E-state index contributed by atoms with van der Waals surface area (Å²) in [5.41, 5.74) is 0.896. The second kappa shape index (κ2) is 6.22. The molecule has 1 unspecified atom stereocenters. The maximum absolute atomic E-state index is 10.6. The first-order valence-corrected chi connectivity index (χ1v) is 5.88. The Morgan fingerprint density at radius 2 is 2.28 bits per heavy atom. The predicted molar refractivity (Wildman–Crippen MR) is 75.0 cm³/mol. The number of anilines is 1. The molecule has 0 radical (unpaired) electrons. The molecule has 1 aromatic carbocycles. The number of halogens is 2. The molecule has 5 nitrogen and oxygen atoms in total. The summed E-state index contributed by atoms with van der Waals surface area (Å²) in [6.45, 7) is 4.72. The van der Waals surface area contributed by atoms with E-state index in [1.54, 1.807) is 6.07 Å². The zero-order chi connectivity index (χ0) is 12.4. The zero-order valence-corrected chi connectivity index (χ0v) is 11.5. The van der Waals surface area contributed by atoms with Gasteiger partial charge in [0.05, 0.1) is 15.6 Å². The maximum atomic E-state index is 10.6. The van der Waals surface area contributed by atoms with Crippen LogP contribution in [0.5, 0.6) is 0 Å². The highest BCUT2D eigenvalue weighted by atomic mass is 35.5. The van der Waals surface area contributed by atoms with E-state index in [4.69, 9.17) is 11.6 Å². The predicted octanol–water partition coefficient (Wildman–Crippen LogP) is 2.47. The van der Waals surface area contributed by atoms with E-state index < -0.39 is 4.92 Å². The summed E-state index contributed by atoms with van der Waals surface area (Å²) in [5, 5.41) is 14.4. The fourth-order valence-corrected chi connectivity index (χ4v) is 2.31. The molecule has 1 aliphatic rings. The number of nitro groups is 1. The third-order valence-electron chi connectivity index (χ3n) is 2.85. The molecule has 1 aromatic rings. The SMILES string of the molecule is CC1CN(c2ccc([N+](=O)[O-])cc2Cl)CCN1.Cl. The first-order valence-electron chi connectivity index (χ1n) is 5.50. The quantitative estimate of drug-likeness (QED) is 0.672. The lowest BCUT2D eigenvalue weighted by Gasteiger charge is -2.34. The Bertz CT molecular complexity index is 442. The van der Waals surface area contributed by atoms with Crippen molar-refractivity contribution < 1.29 is 4.92 Å². The largest absolute Gasteiger partial charge is 0.367 e. The standard InChI is InChI=1S/C11H14ClN3O2.ClH/c1-8-7-14(5-4-13-8)11-3-2-9(15(16)17)6-10(11)12;/h2-3,6,8,13H,4-5,7H2,1H3;1H. The van der Waals surface area contributed by atoms with Gasteiger partial charge < -0.3 is 10.2 Å². The zero-order valence-electron chi connectivity index (χ0n) is 9.93. The van der Waals surface area contributed by atoms with Gasteiger partial charge in [0, 0.05) is 37.8 Å². The summed E-state index contributed by atoms with van der Waals surface area (Å²) in [7, 11) is 0. The Labute approximate surface area is 117 Å². The van der Waals surface area contributed by atoms with Gasteiger partial charge in [0.1, 0.15) is 0 Å². The van der Waals surface area contributed by atoms with E-state index >= 15 is 0 Å². The van der Waals surface area contributed by atoms with Crippen LogP contribution in [0.25, 0.3) is 0 Å². The second-order valence-corrected chi connectivity index (χ2v) is 4.60. The van der Waals surface area contributed by atoms with E-state index in [0.29, 0.717) is 11.1 Å². The molecular weight excluding hydrogens is 277 g/mol. The molecule has 0 saturated carbocycles. The number of hydrogen-bond acceptors (Lipinski definition) is 4. The minimum atomic E-state index is -0.434. The molecule has 1 atom stereocenters. The molecule has 100 valence electrons. The molecule has 1 heterocycles. The molecule has 2 rings (SSSR count). The second-order valence-electron chi connectivity index (χ2n) is 4.19. The number of rotatable bonds is 2. The Kier molecular flexibility index (Phi) is 5.19. The van der Waals surface area contributed by atoms with Crippen molar-refractivity contribution in [3.63, 3.8) is 0 Å². The number of hydrogen-bond donors (Lipinski definition) is 1. The van der Waals surface area contributed by atoms with E-state index in [1.165, 1.54) is 12.1 Å². The first-order chi connectivity index (χ1) is 8.08. The Morgan fingerprint density at radius 1 is 1.56 bits per heavy atom. The highest BCUT2D eigenvalue weighted by Gasteiger charge is 2.19. The highest BCUT2D eigenvalue weighted by Crippen LogP contribution is 2.30. The fourth-order valence-electron chi connectivity index (χ4n) is 2.02. The average molecular weight is 292 g/mol. The molecular formula is C11H15Cl2N3O2. The van der Waals surface area contributed by atoms with Crippen molar-refractivity contribution in [3.05, 3.63) is 33.3 Å². The van der Waals surface area contributed by atoms with Gasteiger partial charge in [-0.25, -0.2) is 0 Å². The van der Waals surface area contributed by atoms with Crippen molar-refractivity contribution in [2.75, 3.05) is 24.5 Å². The molecule has 1 N–H and O–H groups in total. The summed E-state index contributed by atoms with van der Waals surface area (Å²) >= 11 is 6.09. The maximum Gasteiger partial charge on any atom is 0.271 e. The molecule has 0 aromatic heterocycles. The topological polar surface area (TPSA) is 58.4 Å². The van der Waals surface area contributed by atoms with E-state index in [1.807, 2.05) is 0 Å². The summed E-state index contributed by atoms with van der Waals surface area (Å²) < 4.78 is 0. The van der Waals surface area contributed by atoms with Crippen LogP contribution in [0, 0.1) is 10.1 Å². The molecule has 0 spiro atoms. The van der Waals surface area contributed by atoms with Crippen LogP contribution in [0.4, 0.5) is 11.4 Å². The molecule has 1 aliphatic heterocycles. The number of nitrogens with zero attached hydrogens (tertiary/aromatic N) is 2. The van der Waals surface area contributed by atoms with Crippen LogP contribution in [0.15, 0.2) is 18.2 Å². The minimum Gasteiger partial charge on any atom is -0.367 e. The van der Waals surface area contributed by atoms with Crippen molar-refractivity contribution in [1.29, 1.82) is 0 Å². The van der Waals surface area contributed by atoms with Crippen molar-refractivity contribution in [2.24, 2.45) is 0 Å². The van der Waals surface area contributed by atoms with Crippen LogP contribution in [0.3, 0.4) is 0 Å². The van der Waals surface area contributed by atoms with Crippen LogP contribution >= 0.6 is 24.0 Å². The van der Waals surface area contributed by atoms with Crippen LogP contribution in [-0.2, 0) is 0 Å². The van der Waals surface area contributed by atoms with Gasteiger partial charge in [-0.2, -0.15) is 0 Å². The minimum absolute atomic E-state index is 0. The number of piperazine rings is 1. The highest BCUT2D eigenvalue weighted by molar-refractivity contribution is 6.33. The summed E-state index contributed by atoms with van der Waals surface area (Å²) in [6, 6.07) is 5.02. The molecule has 0 aliphatic carbocycles.